The minimum Gasteiger partial charge on any atom is -0.378 e. The van der Waals surface area contributed by atoms with E-state index in [0.717, 1.165) is 40.7 Å². The maximum absolute atomic E-state index is 12.0. The maximum atomic E-state index is 12.0. The summed E-state index contributed by atoms with van der Waals surface area (Å²) in [7, 11) is 4.01. The molecule has 2 aromatic carbocycles. The lowest BCUT2D eigenvalue weighted by molar-refractivity contribution is -0.115. The Labute approximate surface area is 167 Å². The molecular formula is C21H20N4O2S. The SMILES string of the molecule is CN(C)c1ccc(C2CC(c3ccccc3)=NN2/C=C2\SC(=O)NC2=O)cc1. The van der Waals surface area contributed by atoms with Gasteiger partial charge in [-0.05, 0) is 35.0 Å². The normalized spacial score (nSPS) is 20.5. The smallest absolute Gasteiger partial charge is 0.290 e. The van der Waals surface area contributed by atoms with Gasteiger partial charge in [0.25, 0.3) is 11.1 Å². The Morgan fingerprint density at radius 1 is 1.11 bits per heavy atom. The molecular weight excluding hydrogens is 372 g/mol. The molecule has 0 radical (unpaired) electrons. The van der Waals surface area contributed by atoms with Gasteiger partial charge in [0, 0.05) is 32.4 Å². The third kappa shape index (κ3) is 3.66. The van der Waals surface area contributed by atoms with E-state index in [1.807, 2.05) is 44.4 Å². The molecule has 1 saturated heterocycles. The van der Waals surface area contributed by atoms with Crippen molar-refractivity contribution >= 4 is 34.3 Å². The monoisotopic (exact) mass is 392 g/mol. The Kier molecular flexibility index (Phi) is 4.92. The number of thioether (sulfide) groups is 1. The number of imide groups is 1. The van der Waals surface area contributed by atoms with Crippen LogP contribution in [0.3, 0.4) is 0 Å². The Hall–Kier alpha value is -3.06. The predicted molar refractivity (Wildman–Crippen MR) is 112 cm³/mol. The van der Waals surface area contributed by atoms with Gasteiger partial charge in [0.2, 0.25) is 0 Å². The van der Waals surface area contributed by atoms with Crippen molar-refractivity contribution in [1.82, 2.24) is 10.3 Å². The van der Waals surface area contributed by atoms with E-state index in [4.69, 9.17) is 5.10 Å². The van der Waals surface area contributed by atoms with E-state index in [9.17, 15) is 9.59 Å². The van der Waals surface area contributed by atoms with Crippen LogP contribution in [-0.4, -0.2) is 36.0 Å². The predicted octanol–water partition coefficient (Wildman–Crippen LogP) is 3.73. The van der Waals surface area contributed by atoms with E-state index in [-0.39, 0.29) is 17.2 Å². The Balaban J connectivity index is 1.68. The average Bonchev–Trinajstić information content (AvgIpc) is 3.25. The van der Waals surface area contributed by atoms with Crippen LogP contribution in [0.25, 0.3) is 0 Å². The van der Waals surface area contributed by atoms with Crippen molar-refractivity contribution in [2.75, 3.05) is 19.0 Å². The number of hydrogen-bond acceptors (Lipinski definition) is 6. The molecule has 1 fully saturated rings. The first kappa shape index (κ1) is 18.3. The van der Waals surface area contributed by atoms with Crippen molar-refractivity contribution < 1.29 is 9.59 Å². The third-order valence-corrected chi connectivity index (χ3v) is 5.53. The Morgan fingerprint density at radius 3 is 2.43 bits per heavy atom. The van der Waals surface area contributed by atoms with Gasteiger partial charge in [0.05, 0.1) is 11.8 Å². The number of rotatable bonds is 4. The van der Waals surface area contributed by atoms with Gasteiger partial charge in [0.1, 0.15) is 4.91 Å². The molecule has 2 amide bonds. The highest BCUT2D eigenvalue weighted by Gasteiger charge is 2.31. The molecule has 0 spiro atoms. The number of carbonyl (C=O) groups is 2. The first-order valence-electron chi connectivity index (χ1n) is 8.95. The van der Waals surface area contributed by atoms with Gasteiger partial charge in [0.15, 0.2) is 0 Å². The molecule has 2 aliphatic rings. The summed E-state index contributed by atoms with van der Waals surface area (Å²) in [5.41, 5.74) is 4.23. The molecule has 142 valence electrons. The van der Waals surface area contributed by atoms with Crippen molar-refractivity contribution in [3.05, 3.63) is 76.8 Å². The van der Waals surface area contributed by atoms with Gasteiger partial charge < -0.3 is 4.90 Å². The van der Waals surface area contributed by atoms with E-state index < -0.39 is 0 Å². The summed E-state index contributed by atoms with van der Waals surface area (Å²) < 4.78 is 0. The summed E-state index contributed by atoms with van der Waals surface area (Å²) in [6.45, 7) is 0. The van der Waals surface area contributed by atoms with Crippen LogP contribution in [0.4, 0.5) is 10.5 Å². The zero-order valence-electron chi connectivity index (χ0n) is 15.6. The van der Waals surface area contributed by atoms with Crippen LogP contribution < -0.4 is 10.2 Å². The van der Waals surface area contributed by atoms with E-state index in [0.29, 0.717) is 4.91 Å². The number of amides is 2. The molecule has 4 rings (SSSR count). The molecule has 1 atom stereocenters. The van der Waals surface area contributed by atoms with Crippen LogP contribution in [0.5, 0.6) is 0 Å². The molecule has 2 aromatic rings. The van der Waals surface area contributed by atoms with Gasteiger partial charge >= 0.3 is 0 Å². The number of benzene rings is 2. The van der Waals surface area contributed by atoms with Crippen LogP contribution in [0.15, 0.2) is 70.8 Å². The second kappa shape index (κ2) is 7.52. The van der Waals surface area contributed by atoms with Gasteiger partial charge in [-0.3, -0.25) is 19.9 Å². The molecule has 1 unspecified atom stereocenters. The summed E-state index contributed by atoms with van der Waals surface area (Å²) in [4.78, 5) is 25.9. The van der Waals surface area contributed by atoms with Crippen LogP contribution in [-0.2, 0) is 4.79 Å². The third-order valence-electron chi connectivity index (χ3n) is 4.74. The molecule has 2 aliphatic heterocycles. The van der Waals surface area contributed by atoms with Crippen molar-refractivity contribution in [3.8, 4) is 0 Å². The minimum absolute atomic E-state index is 0.0389. The van der Waals surface area contributed by atoms with E-state index in [1.165, 1.54) is 0 Å². The Morgan fingerprint density at radius 2 is 1.82 bits per heavy atom. The maximum Gasteiger partial charge on any atom is 0.290 e. The fourth-order valence-electron chi connectivity index (χ4n) is 3.25. The fourth-order valence-corrected chi connectivity index (χ4v) is 3.90. The first-order valence-corrected chi connectivity index (χ1v) is 9.76. The van der Waals surface area contributed by atoms with Crippen molar-refractivity contribution in [3.63, 3.8) is 0 Å². The highest BCUT2D eigenvalue weighted by molar-refractivity contribution is 8.18. The number of carbonyl (C=O) groups excluding carboxylic acids is 2. The van der Waals surface area contributed by atoms with Gasteiger partial charge in [-0.2, -0.15) is 5.10 Å². The molecule has 1 N–H and O–H groups in total. The molecule has 0 bridgehead atoms. The zero-order chi connectivity index (χ0) is 19.7. The van der Waals surface area contributed by atoms with Crippen molar-refractivity contribution in [2.45, 2.75) is 12.5 Å². The second-order valence-electron chi connectivity index (χ2n) is 6.84. The molecule has 0 saturated carbocycles. The first-order chi connectivity index (χ1) is 13.5. The number of nitrogens with zero attached hydrogens (tertiary/aromatic N) is 3. The molecule has 0 aliphatic carbocycles. The van der Waals surface area contributed by atoms with Crippen LogP contribution in [0.2, 0.25) is 0 Å². The van der Waals surface area contributed by atoms with Gasteiger partial charge in [-0.25, -0.2) is 0 Å². The molecule has 2 heterocycles. The standard InChI is InChI=1S/C21H20N4O2S/c1-24(2)16-10-8-15(9-11-16)18-12-17(14-6-4-3-5-7-14)23-25(18)13-19-20(26)22-21(27)28-19/h3-11,13,18H,12H2,1-2H3,(H,22,26,27)/b19-13-. The topological polar surface area (TPSA) is 65.0 Å². The summed E-state index contributed by atoms with van der Waals surface area (Å²) in [5.74, 6) is -0.375. The molecule has 6 nitrogen and oxygen atoms in total. The lowest BCUT2D eigenvalue weighted by atomic mass is 9.98. The highest BCUT2D eigenvalue weighted by Crippen LogP contribution is 2.36. The second-order valence-corrected chi connectivity index (χ2v) is 7.85. The largest absolute Gasteiger partial charge is 0.378 e. The number of hydrogen-bond donors (Lipinski definition) is 1. The van der Waals surface area contributed by atoms with E-state index in [1.54, 1.807) is 11.2 Å². The van der Waals surface area contributed by atoms with Crippen LogP contribution >= 0.6 is 11.8 Å². The quantitative estimate of drug-likeness (QED) is 0.804. The summed E-state index contributed by atoms with van der Waals surface area (Å²) in [6.07, 6.45) is 2.39. The minimum atomic E-state index is -0.375. The van der Waals surface area contributed by atoms with Gasteiger partial charge in [-0.1, -0.05) is 42.5 Å². The lowest BCUT2D eigenvalue weighted by Gasteiger charge is -2.21. The fraction of sp³-hybridized carbons (Fsp3) is 0.190. The number of nitrogens with one attached hydrogen (secondary N) is 1. The van der Waals surface area contributed by atoms with Crippen molar-refractivity contribution in [2.24, 2.45) is 5.10 Å². The number of hydrazone groups is 1. The van der Waals surface area contributed by atoms with Crippen LogP contribution in [0.1, 0.15) is 23.6 Å². The average molecular weight is 392 g/mol. The summed E-state index contributed by atoms with van der Waals surface area (Å²) in [5, 5.41) is 8.50. The summed E-state index contributed by atoms with van der Waals surface area (Å²) >= 11 is 0.905. The lowest BCUT2D eigenvalue weighted by Crippen LogP contribution is -2.19. The molecule has 28 heavy (non-hydrogen) atoms. The molecule has 7 heteroatoms. The van der Waals surface area contributed by atoms with E-state index in [2.05, 4.69) is 34.5 Å². The van der Waals surface area contributed by atoms with Crippen molar-refractivity contribution in [1.29, 1.82) is 0 Å². The van der Waals surface area contributed by atoms with Gasteiger partial charge in [-0.15, -0.1) is 0 Å². The van der Waals surface area contributed by atoms with Crippen LogP contribution in [0, 0.1) is 0 Å². The van der Waals surface area contributed by atoms with E-state index >= 15 is 0 Å². The highest BCUT2D eigenvalue weighted by atomic mass is 32.2. The molecule has 0 aromatic heterocycles. The Bertz CT molecular complexity index is 968. The zero-order valence-corrected chi connectivity index (χ0v) is 16.4. The number of anilines is 1. The summed E-state index contributed by atoms with van der Waals surface area (Å²) in [6, 6.07) is 18.3.